The van der Waals surface area contributed by atoms with E-state index in [2.05, 4.69) is 30.2 Å². The van der Waals surface area contributed by atoms with Gasteiger partial charge in [-0.3, -0.25) is 9.30 Å². The molecule has 1 fully saturated rings. The number of fused-ring (bicyclic) bond motifs is 1. The first-order chi connectivity index (χ1) is 13.5. The normalized spacial score (nSPS) is 15.8. The number of imidazole rings is 1. The molecule has 0 amide bonds. The Morgan fingerprint density at radius 2 is 2.00 bits per heavy atom. The Balaban J connectivity index is 1.57. The minimum atomic E-state index is -3.49. The molecule has 3 aromatic heterocycles. The summed E-state index contributed by atoms with van der Waals surface area (Å²) in [5.41, 5.74) is 1.80. The van der Waals surface area contributed by atoms with Crippen LogP contribution in [0.5, 0.6) is 0 Å². The third-order valence-corrected chi connectivity index (χ3v) is 5.34. The van der Waals surface area contributed by atoms with Crippen LogP contribution in [0.15, 0.2) is 36.0 Å². The predicted octanol–water partition coefficient (Wildman–Crippen LogP) is 0.334. The highest BCUT2D eigenvalue weighted by atomic mass is 32.2. The van der Waals surface area contributed by atoms with Crippen molar-refractivity contribution in [1.82, 2.24) is 29.2 Å². The van der Waals surface area contributed by atoms with Crippen LogP contribution in [0, 0.1) is 0 Å². The van der Waals surface area contributed by atoms with Crippen LogP contribution in [-0.4, -0.2) is 83.3 Å². The van der Waals surface area contributed by atoms with Gasteiger partial charge in [0, 0.05) is 51.0 Å². The van der Waals surface area contributed by atoms with Gasteiger partial charge in [-0.2, -0.15) is 0 Å². The lowest BCUT2D eigenvalue weighted by Gasteiger charge is -2.26. The third-order valence-electron chi connectivity index (χ3n) is 4.48. The van der Waals surface area contributed by atoms with E-state index in [9.17, 15) is 8.42 Å². The molecule has 3 aromatic rings. The number of rotatable bonds is 6. The number of hydrogen-bond acceptors (Lipinski definition) is 9. The molecule has 0 aliphatic carbocycles. The maximum atomic E-state index is 11.7. The van der Waals surface area contributed by atoms with E-state index in [-0.39, 0.29) is 5.16 Å². The Kier molecular flexibility index (Phi) is 5.20. The molecule has 4 rings (SSSR count). The van der Waals surface area contributed by atoms with Gasteiger partial charge >= 0.3 is 0 Å². The van der Waals surface area contributed by atoms with Crippen LogP contribution in [0.3, 0.4) is 0 Å². The highest BCUT2D eigenvalue weighted by Crippen LogP contribution is 2.22. The Hall–Kier alpha value is -2.63. The summed E-state index contributed by atoms with van der Waals surface area (Å²) >= 11 is 0. The van der Waals surface area contributed by atoms with Crippen molar-refractivity contribution in [2.75, 3.05) is 51.0 Å². The highest BCUT2D eigenvalue weighted by molar-refractivity contribution is 7.90. The molecular weight excluding hydrogens is 382 g/mol. The quantitative estimate of drug-likeness (QED) is 0.582. The standard InChI is InChI=1S/C17H21N7O3S/c1-28(25,26)17-20-3-2-13(22-17)14-12-21-16-15(19-5-7-24(14)16)18-4-6-23-8-10-27-11-9-23/h2-3,5,7,12H,4,6,8-11H2,1H3,(H,18,19). The van der Waals surface area contributed by atoms with Crippen molar-refractivity contribution >= 4 is 21.3 Å². The van der Waals surface area contributed by atoms with Crippen LogP contribution in [-0.2, 0) is 14.6 Å². The monoisotopic (exact) mass is 403 g/mol. The van der Waals surface area contributed by atoms with Gasteiger partial charge in [0.15, 0.2) is 11.5 Å². The molecule has 1 aliphatic rings. The van der Waals surface area contributed by atoms with Crippen molar-refractivity contribution in [3.8, 4) is 11.4 Å². The summed E-state index contributed by atoms with van der Waals surface area (Å²) < 4.78 is 30.7. The van der Waals surface area contributed by atoms with Crippen molar-refractivity contribution in [3.63, 3.8) is 0 Å². The molecule has 0 spiro atoms. The van der Waals surface area contributed by atoms with Crippen molar-refractivity contribution < 1.29 is 13.2 Å². The number of anilines is 1. The summed E-state index contributed by atoms with van der Waals surface area (Å²) in [5, 5.41) is 3.12. The minimum Gasteiger partial charge on any atom is -0.379 e. The highest BCUT2D eigenvalue weighted by Gasteiger charge is 2.16. The second-order valence-corrected chi connectivity index (χ2v) is 8.40. The van der Waals surface area contributed by atoms with E-state index in [1.807, 2.05) is 4.40 Å². The minimum absolute atomic E-state index is 0.210. The summed E-state index contributed by atoms with van der Waals surface area (Å²) in [6, 6.07) is 1.66. The number of nitrogens with one attached hydrogen (secondary N) is 1. The predicted molar refractivity (Wildman–Crippen MR) is 103 cm³/mol. The fourth-order valence-corrected chi connectivity index (χ4v) is 3.57. The molecule has 1 saturated heterocycles. The van der Waals surface area contributed by atoms with Gasteiger partial charge in [0.25, 0.3) is 0 Å². The lowest BCUT2D eigenvalue weighted by atomic mass is 10.3. The Bertz CT molecular complexity index is 1080. The van der Waals surface area contributed by atoms with E-state index in [0.29, 0.717) is 22.9 Å². The van der Waals surface area contributed by atoms with Gasteiger partial charge in [-0.1, -0.05) is 0 Å². The summed E-state index contributed by atoms with van der Waals surface area (Å²) in [4.78, 5) is 19.2. The fourth-order valence-electron chi connectivity index (χ4n) is 3.05. The first-order valence-corrected chi connectivity index (χ1v) is 10.8. The lowest BCUT2D eigenvalue weighted by molar-refractivity contribution is 0.0398. The van der Waals surface area contributed by atoms with Gasteiger partial charge < -0.3 is 10.1 Å². The molecule has 11 heteroatoms. The molecule has 28 heavy (non-hydrogen) atoms. The molecule has 10 nitrogen and oxygen atoms in total. The number of sulfone groups is 1. The average molecular weight is 403 g/mol. The van der Waals surface area contributed by atoms with Crippen LogP contribution in [0.25, 0.3) is 17.0 Å². The van der Waals surface area contributed by atoms with Crippen molar-refractivity contribution in [2.24, 2.45) is 0 Å². The summed E-state index contributed by atoms with van der Waals surface area (Å²) in [6.45, 7) is 5.04. The van der Waals surface area contributed by atoms with Crippen LogP contribution < -0.4 is 5.32 Å². The molecule has 0 saturated carbocycles. The van der Waals surface area contributed by atoms with Crippen LogP contribution in [0.2, 0.25) is 0 Å². The largest absolute Gasteiger partial charge is 0.379 e. The number of hydrogen-bond donors (Lipinski definition) is 1. The number of ether oxygens (including phenoxy) is 1. The number of aromatic nitrogens is 5. The van der Waals surface area contributed by atoms with E-state index in [1.165, 1.54) is 6.20 Å². The molecule has 0 bridgehead atoms. The van der Waals surface area contributed by atoms with Crippen LogP contribution >= 0.6 is 0 Å². The molecule has 4 heterocycles. The molecule has 0 radical (unpaired) electrons. The third kappa shape index (κ3) is 3.96. The topological polar surface area (TPSA) is 115 Å². The lowest BCUT2D eigenvalue weighted by Crippen LogP contribution is -2.39. The second kappa shape index (κ2) is 7.78. The van der Waals surface area contributed by atoms with Gasteiger partial charge in [0.2, 0.25) is 15.0 Å². The number of morpholine rings is 1. The molecule has 0 atom stereocenters. The SMILES string of the molecule is CS(=O)(=O)c1nccc(-c2cnc3c(NCCN4CCOCC4)nccn23)n1. The Labute approximate surface area is 162 Å². The van der Waals surface area contributed by atoms with Gasteiger partial charge in [0.05, 0.1) is 30.8 Å². The zero-order valence-corrected chi connectivity index (χ0v) is 16.3. The smallest absolute Gasteiger partial charge is 0.247 e. The first-order valence-electron chi connectivity index (χ1n) is 8.92. The summed E-state index contributed by atoms with van der Waals surface area (Å²) in [7, 11) is -3.49. The zero-order chi connectivity index (χ0) is 19.6. The average Bonchev–Trinajstić information content (AvgIpc) is 3.13. The van der Waals surface area contributed by atoms with Crippen molar-refractivity contribution in [1.29, 1.82) is 0 Å². The first kappa shape index (κ1) is 18.7. The van der Waals surface area contributed by atoms with Crippen LogP contribution in [0.1, 0.15) is 0 Å². The van der Waals surface area contributed by atoms with E-state index < -0.39 is 9.84 Å². The van der Waals surface area contributed by atoms with Crippen molar-refractivity contribution in [2.45, 2.75) is 5.16 Å². The summed E-state index contributed by atoms with van der Waals surface area (Å²) in [6.07, 6.45) is 7.61. The molecule has 1 N–H and O–H groups in total. The van der Waals surface area contributed by atoms with Crippen LogP contribution in [0.4, 0.5) is 5.82 Å². The number of nitrogens with zero attached hydrogens (tertiary/aromatic N) is 6. The maximum Gasteiger partial charge on any atom is 0.247 e. The molecule has 148 valence electrons. The second-order valence-electron chi connectivity index (χ2n) is 6.49. The Morgan fingerprint density at radius 3 is 2.79 bits per heavy atom. The van der Waals surface area contributed by atoms with Gasteiger partial charge in [-0.05, 0) is 6.07 Å². The van der Waals surface area contributed by atoms with E-state index in [0.717, 1.165) is 45.6 Å². The summed E-state index contributed by atoms with van der Waals surface area (Å²) in [5.74, 6) is 0.666. The molecule has 1 aliphatic heterocycles. The van der Waals surface area contributed by atoms with Gasteiger partial charge in [-0.15, -0.1) is 0 Å². The van der Waals surface area contributed by atoms with Crippen molar-refractivity contribution in [3.05, 3.63) is 30.9 Å². The van der Waals surface area contributed by atoms with E-state index in [1.54, 1.807) is 24.7 Å². The zero-order valence-electron chi connectivity index (χ0n) is 15.4. The Morgan fingerprint density at radius 1 is 1.18 bits per heavy atom. The van der Waals surface area contributed by atoms with Gasteiger partial charge in [-0.25, -0.2) is 28.4 Å². The fraction of sp³-hybridized carbons (Fsp3) is 0.412. The van der Waals surface area contributed by atoms with E-state index in [4.69, 9.17) is 4.74 Å². The molecule has 0 aromatic carbocycles. The van der Waals surface area contributed by atoms with Gasteiger partial charge in [0.1, 0.15) is 0 Å². The molecular formula is C17H21N7O3S. The maximum absolute atomic E-state index is 11.7. The molecule has 0 unspecified atom stereocenters. The van der Waals surface area contributed by atoms with E-state index >= 15 is 0 Å².